The van der Waals surface area contributed by atoms with Crippen LogP contribution in [0.4, 0.5) is 11.4 Å². The smallest absolute Gasteiger partial charge is 0.0373 e. The van der Waals surface area contributed by atoms with Gasteiger partial charge >= 0.3 is 0 Å². The molecule has 0 saturated heterocycles. The van der Waals surface area contributed by atoms with Gasteiger partial charge in [-0.1, -0.05) is 30.3 Å². The van der Waals surface area contributed by atoms with E-state index in [4.69, 9.17) is 5.73 Å². The van der Waals surface area contributed by atoms with E-state index >= 15 is 0 Å². The van der Waals surface area contributed by atoms with Crippen molar-refractivity contribution in [2.45, 2.75) is 26.3 Å². The molecule has 2 heteroatoms. The van der Waals surface area contributed by atoms with E-state index in [2.05, 4.69) is 43.4 Å². The van der Waals surface area contributed by atoms with Crippen LogP contribution in [-0.4, -0.2) is 6.04 Å². The van der Waals surface area contributed by atoms with E-state index in [0.717, 1.165) is 17.8 Å². The zero-order chi connectivity index (χ0) is 13.0. The molecule has 0 aromatic heterocycles. The van der Waals surface area contributed by atoms with Crippen LogP contribution in [0.1, 0.15) is 18.1 Å². The highest BCUT2D eigenvalue weighted by atomic mass is 14.9. The van der Waals surface area contributed by atoms with Crippen molar-refractivity contribution >= 4 is 11.4 Å². The number of hydrogen-bond donors (Lipinski definition) is 2. The summed E-state index contributed by atoms with van der Waals surface area (Å²) in [6.45, 7) is 4.27. The second kappa shape index (κ2) is 5.58. The quantitative estimate of drug-likeness (QED) is 0.801. The van der Waals surface area contributed by atoms with Crippen LogP contribution in [0.3, 0.4) is 0 Å². The predicted molar refractivity (Wildman–Crippen MR) is 78.8 cm³/mol. The monoisotopic (exact) mass is 240 g/mol. The Kier molecular flexibility index (Phi) is 3.88. The lowest BCUT2D eigenvalue weighted by Gasteiger charge is -2.17. The maximum atomic E-state index is 5.75. The van der Waals surface area contributed by atoms with Gasteiger partial charge in [-0.2, -0.15) is 0 Å². The van der Waals surface area contributed by atoms with Crippen molar-refractivity contribution in [3.8, 4) is 0 Å². The number of rotatable bonds is 4. The minimum absolute atomic E-state index is 0.398. The van der Waals surface area contributed by atoms with Gasteiger partial charge in [-0.15, -0.1) is 0 Å². The van der Waals surface area contributed by atoms with E-state index in [0.29, 0.717) is 6.04 Å². The lowest BCUT2D eigenvalue weighted by molar-refractivity contribution is 0.789. The molecule has 0 amide bonds. The minimum Gasteiger partial charge on any atom is -0.399 e. The van der Waals surface area contributed by atoms with Gasteiger partial charge in [0.1, 0.15) is 0 Å². The van der Waals surface area contributed by atoms with Crippen molar-refractivity contribution < 1.29 is 0 Å². The minimum atomic E-state index is 0.398. The molecule has 0 fully saturated rings. The zero-order valence-corrected chi connectivity index (χ0v) is 11.0. The summed E-state index contributed by atoms with van der Waals surface area (Å²) < 4.78 is 0. The second-order valence-corrected chi connectivity index (χ2v) is 4.81. The number of nitrogen functional groups attached to an aromatic ring is 1. The molecule has 94 valence electrons. The second-order valence-electron chi connectivity index (χ2n) is 4.81. The summed E-state index contributed by atoms with van der Waals surface area (Å²) in [7, 11) is 0. The average molecular weight is 240 g/mol. The van der Waals surface area contributed by atoms with Crippen molar-refractivity contribution in [1.82, 2.24) is 0 Å². The Hall–Kier alpha value is -1.96. The van der Waals surface area contributed by atoms with Gasteiger partial charge in [0.05, 0.1) is 0 Å². The highest BCUT2D eigenvalue weighted by molar-refractivity contribution is 5.57. The Morgan fingerprint density at radius 1 is 1.11 bits per heavy atom. The Labute approximate surface area is 109 Å². The standard InChI is InChI=1S/C16H20N2/c1-12-10-15(17)8-9-16(12)18-13(2)11-14-6-4-3-5-7-14/h3-10,13,18H,11,17H2,1-2H3. The third-order valence-corrected chi connectivity index (χ3v) is 3.04. The van der Waals surface area contributed by atoms with Crippen molar-refractivity contribution in [1.29, 1.82) is 0 Å². The molecule has 2 aromatic carbocycles. The molecular weight excluding hydrogens is 220 g/mol. The molecule has 3 N–H and O–H groups in total. The van der Waals surface area contributed by atoms with Crippen LogP contribution >= 0.6 is 0 Å². The van der Waals surface area contributed by atoms with Crippen LogP contribution in [0.2, 0.25) is 0 Å². The summed E-state index contributed by atoms with van der Waals surface area (Å²) in [6.07, 6.45) is 1.02. The molecule has 0 spiro atoms. The van der Waals surface area contributed by atoms with Gasteiger partial charge in [-0.25, -0.2) is 0 Å². The van der Waals surface area contributed by atoms with Crippen LogP contribution in [0.15, 0.2) is 48.5 Å². The van der Waals surface area contributed by atoms with Crippen molar-refractivity contribution in [2.75, 3.05) is 11.1 Å². The highest BCUT2D eigenvalue weighted by Gasteiger charge is 2.05. The normalized spacial score (nSPS) is 12.1. The molecule has 0 aliphatic carbocycles. The molecule has 0 saturated carbocycles. The molecule has 0 radical (unpaired) electrons. The van der Waals surface area contributed by atoms with E-state index in [-0.39, 0.29) is 0 Å². The molecule has 0 heterocycles. The Morgan fingerprint density at radius 3 is 2.50 bits per heavy atom. The van der Waals surface area contributed by atoms with Gasteiger partial charge in [0.15, 0.2) is 0 Å². The van der Waals surface area contributed by atoms with E-state index in [1.54, 1.807) is 0 Å². The van der Waals surface area contributed by atoms with E-state index in [1.165, 1.54) is 11.1 Å². The predicted octanol–water partition coefficient (Wildman–Crippen LogP) is 3.62. The average Bonchev–Trinajstić information content (AvgIpc) is 2.34. The lowest BCUT2D eigenvalue weighted by atomic mass is 10.1. The van der Waals surface area contributed by atoms with Gasteiger partial charge < -0.3 is 11.1 Å². The van der Waals surface area contributed by atoms with Gasteiger partial charge in [0.25, 0.3) is 0 Å². The SMILES string of the molecule is Cc1cc(N)ccc1NC(C)Cc1ccccc1. The third kappa shape index (κ3) is 3.27. The van der Waals surface area contributed by atoms with E-state index < -0.39 is 0 Å². The summed E-state index contributed by atoms with van der Waals surface area (Å²) in [5, 5.41) is 3.53. The number of nitrogens with two attached hydrogens (primary N) is 1. The molecular formula is C16H20N2. The van der Waals surface area contributed by atoms with Crippen LogP contribution < -0.4 is 11.1 Å². The van der Waals surface area contributed by atoms with Crippen LogP contribution in [0.25, 0.3) is 0 Å². The van der Waals surface area contributed by atoms with E-state index in [9.17, 15) is 0 Å². The first-order chi connectivity index (χ1) is 8.65. The van der Waals surface area contributed by atoms with Gasteiger partial charge in [0.2, 0.25) is 0 Å². The summed E-state index contributed by atoms with van der Waals surface area (Å²) in [5.41, 5.74) is 10.3. The van der Waals surface area contributed by atoms with Crippen molar-refractivity contribution in [3.05, 3.63) is 59.7 Å². The van der Waals surface area contributed by atoms with E-state index in [1.807, 2.05) is 24.3 Å². The molecule has 0 aliphatic rings. The lowest BCUT2D eigenvalue weighted by Crippen LogP contribution is -2.18. The maximum Gasteiger partial charge on any atom is 0.0373 e. The third-order valence-electron chi connectivity index (χ3n) is 3.04. The summed E-state index contributed by atoms with van der Waals surface area (Å²) >= 11 is 0. The van der Waals surface area contributed by atoms with Crippen LogP contribution in [-0.2, 0) is 6.42 Å². The number of nitrogens with one attached hydrogen (secondary N) is 1. The Morgan fingerprint density at radius 2 is 1.83 bits per heavy atom. The molecule has 2 rings (SSSR count). The first kappa shape index (κ1) is 12.5. The van der Waals surface area contributed by atoms with Crippen molar-refractivity contribution in [3.63, 3.8) is 0 Å². The fourth-order valence-corrected chi connectivity index (χ4v) is 2.13. The number of aryl methyl sites for hydroxylation is 1. The summed E-state index contributed by atoms with van der Waals surface area (Å²) in [5.74, 6) is 0. The molecule has 2 nitrogen and oxygen atoms in total. The number of hydrogen-bond acceptors (Lipinski definition) is 2. The zero-order valence-electron chi connectivity index (χ0n) is 11.0. The first-order valence-corrected chi connectivity index (χ1v) is 6.32. The summed E-state index contributed by atoms with van der Waals surface area (Å²) in [6, 6.07) is 16.9. The molecule has 1 atom stereocenters. The molecule has 18 heavy (non-hydrogen) atoms. The van der Waals surface area contributed by atoms with Gasteiger partial charge in [-0.3, -0.25) is 0 Å². The topological polar surface area (TPSA) is 38.0 Å². The molecule has 2 aromatic rings. The first-order valence-electron chi connectivity index (χ1n) is 6.32. The van der Waals surface area contributed by atoms with Gasteiger partial charge in [0, 0.05) is 17.4 Å². The fraction of sp³-hybridized carbons (Fsp3) is 0.250. The number of anilines is 2. The Bertz CT molecular complexity index is 506. The maximum absolute atomic E-state index is 5.75. The molecule has 0 bridgehead atoms. The van der Waals surface area contributed by atoms with Gasteiger partial charge in [-0.05, 0) is 49.6 Å². The fourth-order valence-electron chi connectivity index (χ4n) is 2.13. The summed E-state index contributed by atoms with van der Waals surface area (Å²) in [4.78, 5) is 0. The highest BCUT2D eigenvalue weighted by Crippen LogP contribution is 2.19. The molecule has 1 unspecified atom stereocenters. The molecule has 0 aliphatic heterocycles. The largest absolute Gasteiger partial charge is 0.399 e. The Balaban J connectivity index is 2.01. The van der Waals surface area contributed by atoms with Crippen molar-refractivity contribution in [2.24, 2.45) is 0 Å². The van der Waals surface area contributed by atoms with Crippen LogP contribution in [0, 0.1) is 6.92 Å². The number of benzene rings is 2. The van der Waals surface area contributed by atoms with Crippen LogP contribution in [0.5, 0.6) is 0 Å².